The highest BCUT2D eigenvalue weighted by molar-refractivity contribution is 7.90. The Bertz CT molecular complexity index is 1020. The Kier molecular flexibility index (Phi) is 5.08. The van der Waals surface area contributed by atoms with Gasteiger partial charge in [-0.05, 0) is 36.8 Å². The largest absolute Gasteiger partial charge is 0.350 e. The summed E-state index contributed by atoms with van der Waals surface area (Å²) < 4.78 is 25.0. The molecule has 26 heavy (non-hydrogen) atoms. The Balaban J connectivity index is 1.59. The van der Waals surface area contributed by atoms with E-state index in [0.717, 1.165) is 16.6 Å². The second-order valence-electron chi connectivity index (χ2n) is 6.31. The number of hydrogen-bond acceptors (Lipinski definition) is 4. The maximum Gasteiger partial charge on any atom is 0.222 e. The maximum absolute atomic E-state index is 12.2. The molecule has 0 saturated heterocycles. The number of rotatable bonds is 6. The first-order valence-corrected chi connectivity index (χ1v) is 10.2. The molecule has 1 atom stereocenters. The molecule has 3 aromatic rings. The number of benzene rings is 2. The molecule has 1 heterocycles. The molecule has 0 spiro atoms. The summed E-state index contributed by atoms with van der Waals surface area (Å²) in [6.07, 6.45) is 3.25. The van der Waals surface area contributed by atoms with Crippen molar-refractivity contribution in [1.29, 1.82) is 0 Å². The molecular weight excluding hydrogens is 350 g/mol. The number of aryl methyl sites for hydroxylation is 1. The fourth-order valence-electron chi connectivity index (χ4n) is 2.81. The molecule has 6 nitrogen and oxygen atoms in total. The average Bonchev–Trinajstić information content (AvgIpc) is 3.02. The molecule has 0 radical (unpaired) electrons. The Morgan fingerprint density at radius 3 is 2.54 bits per heavy atom. The molecule has 1 amide bonds. The van der Waals surface area contributed by atoms with Crippen LogP contribution >= 0.6 is 0 Å². The first-order valence-electron chi connectivity index (χ1n) is 8.34. The highest BCUT2D eigenvalue weighted by Crippen LogP contribution is 2.17. The normalized spacial score (nSPS) is 12.8. The molecule has 0 aliphatic carbocycles. The SMILES string of the molecule is CC(NC(=O)CCn1cnc2ccccc21)c1ccc(S(C)(=O)=O)cc1. The van der Waals surface area contributed by atoms with E-state index in [9.17, 15) is 13.2 Å². The van der Waals surface area contributed by atoms with Gasteiger partial charge in [-0.25, -0.2) is 13.4 Å². The lowest BCUT2D eigenvalue weighted by molar-refractivity contribution is -0.121. The summed E-state index contributed by atoms with van der Waals surface area (Å²) in [4.78, 5) is 16.8. The van der Waals surface area contributed by atoms with Gasteiger partial charge in [0.25, 0.3) is 0 Å². The van der Waals surface area contributed by atoms with Crippen LogP contribution in [0.25, 0.3) is 11.0 Å². The molecule has 0 aliphatic heterocycles. The third kappa shape index (κ3) is 4.11. The Morgan fingerprint density at radius 2 is 1.85 bits per heavy atom. The standard InChI is InChI=1S/C19H21N3O3S/c1-14(15-7-9-16(10-8-15)26(2,24)25)21-19(23)11-12-22-13-20-17-5-3-4-6-18(17)22/h3-10,13-14H,11-12H2,1-2H3,(H,21,23). The summed E-state index contributed by atoms with van der Waals surface area (Å²) >= 11 is 0. The minimum atomic E-state index is -3.22. The van der Waals surface area contributed by atoms with Gasteiger partial charge in [0.2, 0.25) is 5.91 Å². The van der Waals surface area contributed by atoms with Crippen LogP contribution in [0.1, 0.15) is 24.9 Å². The molecule has 0 fully saturated rings. The number of imidazole rings is 1. The van der Waals surface area contributed by atoms with Gasteiger partial charge in [0.1, 0.15) is 0 Å². The van der Waals surface area contributed by atoms with Gasteiger partial charge < -0.3 is 9.88 Å². The van der Waals surface area contributed by atoms with Crippen LogP contribution in [-0.2, 0) is 21.2 Å². The van der Waals surface area contributed by atoms with Crippen molar-refractivity contribution in [2.45, 2.75) is 30.8 Å². The zero-order valence-electron chi connectivity index (χ0n) is 14.7. The molecule has 0 saturated carbocycles. The molecular formula is C19H21N3O3S. The van der Waals surface area contributed by atoms with Crippen molar-refractivity contribution in [3.8, 4) is 0 Å². The minimum Gasteiger partial charge on any atom is -0.350 e. The van der Waals surface area contributed by atoms with E-state index >= 15 is 0 Å². The summed E-state index contributed by atoms with van der Waals surface area (Å²) in [7, 11) is -3.22. The maximum atomic E-state index is 12.2. The lowest BCUT2D eigenvalue weighted by Crippen LogP contribution is -2.27. The average molecular weight is 371 g/mol. The number of para-hydroxylation sites is 2. The molecule has 136 valence electrons. The fourth-order valence-corrected chi connectivity index (χ4v) is 3.44. The third-order valence-electron chi connectivity index (χ3n) is 4.29. The van der Waals surface area contributed by atoms with Crippen LogP contribution in [0.5, 0.6) is 0 Å². The lowest BCUT2D eigenvalue weighted by atomic mass is 10.1. The van der Waals surface area contributed by atoms with E-state index in [2.05, 4.69) is 10.3 Å². The van der Waals surface area contributed by atoms with Crippen molar-refractivity contribution in [2.75, 3.05) is 6.26 Å². The third-order valence-corrected chi connectivity index (χ3v) is 5.42. The fraction of sp³-hybridized carbons (Fsp3) is 0.263. The summed E-state index contributed by atoms with van der Waals surface area (Å²) in [6.45, 7) is 2.42. The predicted octanol–water partition coefficient (Wildman–Crippen LogP) is 2.71. The van der Waals surface area contributed by atoms with Gasteiger partial charge in [-0.15, -0.1) is 0 Å². The number of nitrogens with one attached hydrogen (secondary N) is 1. The predicted molar refractivity (Wildman–Crippen MR) is 100 cm³/mol. The van der Waals surface area contributed by atoms with Gasteiger partial charge in [-0.3, -0.25) is 4.79 Å². The smallest absolute Gasteiger partial charge is 0.222 e. The van der Waals surface area contributed by atoms with Crippen molar-refractivity contribution >= 4 is 26.8 Å². The van der Waals surface area contributed by atoms with E-state index in [1.54, 1.807) is 30.6 Å². The number of amides is 1. The van der Waals surface area contributed by atoms with E-state index in [-0.39, 0.29) is 16.8 Å². The van der Waals surface area contributed by atoms with Crippen LogP contribution in [-0.4, -0.2) is 30.1 Å². The molecule has 1 N–H and O–H groups in total. The van der Waals surface area contributed by atoms with Gasteiger partial charge in [-0.2, -0.15) is 0 Å². The van der Waals surface area contributed by atoms with E-state index in [0.29, 0.717) is 13.0 Å². The summed E-state index contributed by atoms with van der Waals surface area (Å²) in [5.74, 6) is -0.0672. The van der Waals surface area contributed by atoms with Crippen molar-refractivity contribution in [1.82, 2.24) is 14.9 Å². The second kappa shape index (κ2) is 7.29. The lowest BCUT2D eigenvalue weighted by Gasteiger charge is -2.15. The number of aromatic nitrogens is 2. The van der Waals surface area contributed by atoms with E-state index in [4.69, 9.17) is 0 Å². The molecule has 0 bridgehead atoms. The quantitative estimate of drug-likeness (QED) is 0.722. The zero-order chi connectivity index (χ0) is 18.7. The van der Waals surface area contributed by atoms with E-state index < -0.39 is 9.84 Å². The molecule has 7 heteroatoms. The Labute approximate surface area is 152 Å². The van der Waals surface area contributed by atoms with Crippen molar-refractivity contribution in [3.05, 3.63) is 60.4 Å². The number of carbonyl (C=O) groups excluding carboxylic acids is 1. The van der Waals surface area contributed by atoms with Crippen molar-refractivity contribution < 1.29 is 13.2 Å². The number of carbonyl (C=O) groups is 1. The van der Waals surface area contributed by atoms with Gasteiger partial charge in [0, 0.05) is 19.2 Å². The second-order valence-corrected chi connectivity index (χ2v) is 8.32. The highest BCUT2D eigenvalue weighted by Gasteiger charge is 2.12. The van der Waals surface area contributed by atoms with E-state index in [1.165, 1.54) is 6.26 Å². The number of fused-ring (bicyclic) bond motifs is 1. The van der Waals surface area contributed by atoms with Crippen LogP contribution < -0.4 is 5.32 Å². The van der Waals surface area contributed by atoms with Crippen molar-refractivity contribution in [2.24, 2.45) is 0 Å². The molecule has 0 aliphatic rings. The molecule has 2 aromatic carbocycles. The number of sulfone groups is 1. The Hall–Kier alpha value is -2.67. The van der Waals surface area contributed by atoms with Gasteiger partial charge in [0.05, 0.1) is 28.3 Å². The van der Waals surface area contributed by atoms with Gasteiger partial charge in [0.15, 0.2) is 9.84 Å². The number of hydrogen-bond donors (Lipinski definition) is 1. The molecule has 1 aromatic heterocycles. The summed E-state index contributed by atoms with van der Waals surface area (Å²) in [6, 6.07) is 14.2. The van der Waals surface area contributed by atoms with Crippen LogP contribution in [0.2, 0.25) is 0 Å². The first kappa shape index (κ1) is 18.1. The van der Waals surface area contributed by atoms with E-state index in [1.807, 2.05) is 35.8 Å². The molecule has 3 rings (SSSR count). The van der Waals surface area contributed by atoms with Crippen molar-refractivity contribution in [3.63, 3.8) is 0 Å². The summed E-state index contributed by atoms with van der Waals surface area (Å²) in [5, 5.41) is 2.94. The van der Waals surface area contributed by atoms with Crippen LogP contribution in [0.3, 0.4) is 0 Å². The summed E-state index contributed by atoms with van der Waals surface area (Å²) in [5.41, 5.74) is 2.77. The monoisotopic (exact) mass is 371 g/mol. The first-order chi connectivity index (χ1) is 12.3. The zero-order valence-corrected chi connectivity index (χ0v) is 15.5. The molecule has 1 unspecified atom stereocenters. The minimum absolute atomic E-state index is 0.0672. The van der Waals surface area contributed by atoms with Gasteiger partial charge >= 0.3 is 0 Å². The highest BCUT2D eigenvalue weighted by atomic mass is 32.2. The van der Waals surface area contributed by atoms with Crippen LogP contribution in [0.15, 0.2) is 59.8 Å². The van der Waals surface area contributed by atoms with Crippen LogP contribution in [0, 0.1) is 0 Å². The Morgan fingerprint density at radius 1 is 1.15 bits per heavy atom. The van der Waals surface area contributed by atoms with Crippen LogP contribution in [0.4, 0.5) is 0 Å². The topological polar surface area (TPSA) is 81.1 Å². The van der Waals surface area contributed by atoms with Gasteiger partial charge in [-0.1, -0.05) is 24.3 Å². The number of nitrogens with zero attached hydrogens (tertiary/aromatic N) is 2.